The Bertz CT molecular complexity index is 664. The van der Waals surface area contributed by atoms with Gasteiger partial charge in [-0.15, -0.1) is 0 Å². The minimum atomic E-state index is -1.12. The molecule has 0 spiro atoms. The number of aromatic nitrogens is 1. The molecule has 0 radical (unpaired) electrons. The summed E-state index contributed by atoms with van der Waals surface area (Å²) in [6.45, 7) is 2.81. The van der Waals surface area contributed by atoms with Crippen molar-refractivity contribution < 1.29 is 28.6 Å². The predicted octanol–water partition coefficient (Wildman–Crippen LogP) is 3.10. The number of ether oxygens (including phenoxy) is 3. The van der Waals surface area contributed by atoms with Gasteiger partial charge in [0.25, 0.3) is 5.88 Å². The van der Waals surface area contributed by atoms with Gasteiger partial charge in [0.1, 0.15) is 5.75 Å². The summed E-state index contributed by atoms with van der Waals surface area (Å²) < 4.78 is 20.8. The Kier molecular flexibility index (Phi) is 6.20. The number of carboxylic acids is 1. The van der Waals surface area contributed by atoms with Crippen LogP contribution in [0.1, 0.15) is 40.9 Å². The largest absolute Gasteiger partial charge is 0.497 e. The lowest BCUT2D eigenvalue weighted by atomic mass is 10.0. The van der Waals surface area contributed by atoms with Crippen molar-refractivity contribution in [2.75, 3.05) is 20.8 Å². The Balaban J connectivity index is 1.86. The van der Waals surface area contributed by atoms with E-state index in [1.165, 1.54) is 7.11 Å². The normalized spacial score (nSPS) is 12.0. The van der Waals surface area contributed by atoms with Crippen molar-refractivity contribution in [1.29, 1.82) is 0 Å². The number of hydrogen-bond donors (Lipinski definition) is 1. The summed E-state index contributed by atoms with van der Waals surface area (Å²) in [6, 6.07) is 7.63. The SMILES string of the molecule is COc1ccc(COCCC(C)c2onc(OC)c2C(=O)O)cc1. The zero-order valence-corrected chi connectivity index (χ0v) is 13.9. The van der Waals surface area contributed by atoms with Gasteiger partial charge in [0, 0.05) is 12.5 Å². The average molecular weight is 335 g/mol. The van der Waals surface area contributed by atoms with Crippen LogP contribution in [0, 0.1) is 0 Å². The van der Waals surface area contributed by atoms with Crippen molar-refractivity contribution >= 4 is 5.97 Å². The number of nitrogens with zero attached hydrogens (tertiary/aromatic N) is 1. The third kappa shape index (κ3) is 4.26. The molecule has 1 N–H and O–H groups in total. The van der Waals surface area contributed by atoms with Gasteiger partial charge in [-0.2, -0.15) is 0 Å². The fourth-order valence-corrected chi connectivity index (χ4v) is 2.26. The Morgan fingerprint density at radius 2 is 1.96 bits per heavy atom. The van der Waals surface area contributed by atoms with E-state index in [0.29, 0.717) is 25.4 Å². The highest BCUT2D eigenvalue weighted by Gasteiger charge is 2.26. The smallest absolute Gasteiger partial charge is 0.344 e. The third-order valence-corrected chi connectivity index (χ3v) is 3.66. The second-order valence-electron chi connectivity index (χ2n) is 5.33. The van der Waals surface area contributed by atoms with E-state index >= 15 is 0 Å². The molecule has 0 saturated heterocycles. The van der Waals surface area contributed by atoms with E-state index < -0.39 is 5.97 Å². The van der Waals surface area contributed by atoms with Crippen LogP contribution in [-0.2, 0) is 11.3 Å². The van der Waals surface area contributed by atoms with Gasteiger partial charge in [-0.05, 0) is 29.3 Å². The number of carboxylic acid groups (broad SMARTS) is 1. The van der Waals surface area contributed by atoms with Crippen molar-refractivity contribution in [1.82, 2.24) is 5.16 Å². The number of benzene rings is 1. The molecule has 0 saturated carbocycles. The first kappa shape index (κ1) is 17.8. The van der Waals surface area contributed by atoms with Crippen molar-refractivity contribution in [2.45, 2.75) is 25.9 Å². The van der Waals surface area contributed by atoms with E-state index in [1.54, 1.807) is 7.11 Å². The predicted molar refractivity (Wildman–Crippen MR) is 85.7 cm³/mol. The van der Waals surface area contributed by atoms with Crippen LogP contribution in [-0.4, -0.2) is 37.1 Å². The maximum Gasteiger partial charge on any atom is 0.344 e. The second-order valence-corrected chi connectivity index (χ2v) is 5.33. The van der Waals surface area contributed by atoms with Gasteiger partial charge in [0.15, 0.2) is 11.3 Å². The van der Waals surface area contributed by atoms with Crippen LogP contribution in [0.25, 0.3) is 0 Å². The van der Waals surface area contributed by atoms with Crippen molar-refractivity contribution in [2.24, 2.45) is 0 Å². The lowest BCUT2D eigenvalue weighted by Crippen LogP contribution is -2.06. The molecule has 2 rings (SSSR count). The molecule has 1 aromatic carbocycles. The molecule has 7 heteroatoms. The summed E-state index contributed by atoms with van der Waals surface area (Å²) in [5.41, 5.74) is 1.01. The van der Waals surface area contributed by atoms with Crippen LogP contribution in [0.15, 0.2) is 28.8 Å². The molecule has 0 bridgehead atoms. The van der Waals surface area contributed by atoms with E-state index in [9.17, 15) is 9.90 Å². The zero-order chi connectivity index (χ0) is 17.5. The average Bonchev–Trinajstić information content (AvgIpc) is 3.03. The highest BCUT2D eigenvalue weighted by Crippen LogP contribution is 2.29. The van der Waals surface area contributed by atoms with Gasteiger partial charge in [0.2, 0.25) is 0 Å². The van der Waals surface area contributed by atoms with E-state index in [-0.39, 0.29) is 17.4 Å². The monoisotopic (exact) mass is 335 g/mol. The maximum absolute atomic E-state index is 11.3. The molecule has 0 aliphatic heterocycles. The van der Waals surface area contributed by atoms with Crippen LogP contribution in [0.3, 0.4) is 0 Å². The van der Waals surface area contributed by atoms with Gasteiger partial charge in [-0.1, -0.05) is 19.1 Å². The minimum absolute atomic E-state index is 0.0106. The van der Waals surface area contributed by atoms with Crippen molar-refractivity contribution in [3.05, 3.63) is 41.2 Å². The molecule has 0 amide bonds. The summed E-state index contributed by atoms with van der Waals surface area (Å²) in [4.78, 5) is 11.3. The summed E-state index contributed by atoms with van der Waals surface area (Å²) in [5.74, 6) is -0.179. The molecule has 7 nitrogen and oxygen atoms in total. The molecule has 1 atom stereocenters. The summed E-state index contributed by atoms with van der Waals surface area (Å²) in [5, 5.41) is 12.9. The summed E-state index contributed by atoms with van der Waals surface area (Å²) in [6.07, 6.45) is 0.606. The number of rotatable bonds is 9. The van der Waals surface area contributed by atoms with E-state index in [1.807, 2.05) is 31.2 Å². The van der Waals surface area contributed by atoms with Crippen LogP contribution in [0.5, 0.6) is 11.6 Å². The maximum atomic E-state index is 11.3. The second kappa shape index (κ2) is 8.35. The fourth-order valence-electron chi connectivity index (χ4n) is 2.26. The van der Waals surface area contributed by atoms with Gasteiger partial charge in [0.05, 0.1) is 20.8 Å². The van der Waals surface area contributed by atoms with E-state index in [2.05, 4.69) is 5.16 Å². The van der Waals surface area contributed by atoms with Gasteiger partial charge in [-0.25, -0.2) is 4.79 Å². The first-order chi connectivity index (χ1) is 11.6. The molecule has 2 aromatic rings. The third-order valence-electron chi connectivity index (χ3n) is 3.66. The van der Waals surface area contributed by atoms with Crippen molar-refractivity contribution in [3.63, 3.8) is 0 Å². The number of carbonyl (C=O) groups is 1. The molecule has 130 valence electrons. The minimum Gasteiger partial charge on any atom is -0.497 e. The molecule has 0 fully saturated rings. The molecule has 24 heavy (non-hydrogen) atoms. The lowest BCUT2D eigenvalue weighted by molar-refractivity contribution is 0.0689. The lowest BCUT2D eigenvalue weighted by Gasteiger charge is -2.10. The Hall–Kier alpha value is -2.54. The molecule has 1 aromatic heterocycles. The van der Waals surface area contributed by atoms with Gasteiger partial charge < -0.3 is 23.8 Å². The molecule has 0 aliphatic carbocycles. The first-order valence-corrected chi connectivity index (χ1v) is 7.54. The highest BCUT2D eigenvalue weighted by molar-refractivity contribution is 5.91. The van der Waals surface area contributed by atoms with Crippen LogP contribution in [0.4, 0.5) is 0 Å². The molecule has 1 heterocycles. The molecular formula is C17H21NO6. The fraction of sp³-hybridized carbons (Fsp3) is 0.412. The van der Waals surface area contributed by atoms with Crippen LogP contribution in [0.2, 0.25) is 0 Å². The Labute approximate surface area is 140 Å². The van der Waals surface area contributed by atoms with Crippen LogP contribution < -0.4 is 9.47 Å². The molecular weight excluding hydrogens is 314 g/mol. The van der Waals surface area contributed by atoms with Crippen LogP contribution >= 0.6 is 0 Å². The summed E-state index contributed by atoms with van der Waals surface area (Å²) in [7, 11) is 2.98. The first-order valence-electron chi connectivity index (χ1n) is 7.54. The standard InChI is InChI=1S/C17H21NO6/c1-11(15-14(17(19)20)16(22-3)18-24-15)8-9-23-10-12-4-6-13(21-2)7-5-12/h4-7,11H,8-10H2,1-3H3,(H,19,20). The van der Waals surface area contributed by atoms with Crippen molar-refractivity contribution in [3.8, 4) is 11.6 Å². The quantitative estimate of drug-likeness (QED) is 0.704. The Morgan fingerprint density at radius 3 is 2.54 bits per heavy atom. The number of hydrogen-bond acceptors (Lipinski definition) is 6. The topological polar surface area (TPSA) is 91.0 Å². The number of aromatic carboxylic acids is 1. The van der Waals surface area contributed by atoms with E-state index in [0.717, 1.165) is 11.3 Å². The molecule has 1 unspecified atom stereocenters. The van der Waals surface area contributed by atoms with Gasteiger partial charge >= 0.3 is 5.97 Å². The summed E-state index contributed by atoms with van der Waals surface area (Å²) >= 11 is 0. The number of methoxy groups -OCH3 is 2. The molecule has 0 aliphatic rings. The Morgan fingerprint density at radius 1 is 1.25 bits per heavy atom. The van der Waals surface area contributed by atoms with Gasteiger partial charge in [-0.3, -0.25) is 0 Å². The zero-order valence-electron chi connectivity index (χ0n) is 13.9. The highest BCUT2D eigenvalue weighted by atomic mass is 16.5. The van der Waals surface area contributed by atoms with E-state index in [4.69, 9.17) is 18.7 Å².